The summed E-state index contributed by atoms with van der Waals surface area (Å²) in [4.78, 5) is 20.1. The molecule has 0 aliphatic carbocycles. The summed E-state index contributed by atoms with van der Waals surface area (Å²) in [6, 6.07) is 7.51. The van der Waals surface area contributed by atoms with Gasteiger partial charge in [0.05, 0.1) is 0 Å². The molecule has 0 aromatic carbocycles. The maximum atomic E-state index is 12.4. The number of amides is 1. The van der Waals surface area contributed by atoms with Gasteiger partial charge in [-0.15, -0.1) is 10.2 Å². The molecule has 0 bridgehead atoms. The number of carbonyl (C=O) groups is 1. The van der Waals surface area contributed by atoms with Gasteiger partial charge < -0.3 is 9.80 Å². The molecule has 0 saturated heterocycles. The number of pyridine rings is 1. The molecule has 6 nitrogen and oxygen atoms in total. The summed E-state index contributed by atoms with van der Waals surface area (Å²) in [6.07, 6.45) is 6.55. The van der Waals surface area contributed by atoms with Gasteiger partial charge in [0.2, 0.25) is 0 Å². The van der Waals surface area contributed by atoms with Gasteiger partial charge >= 0.3 is 0 Å². The normalized spacial score (nSPS) is 10.5. The molecule has 2 rings (SSSR count). The first-order valence-electron chi connectivity index (χ1n) is 8.31. The predicted octanol–water partition coefficient (Wildman–Crippen LogP) is 2.42. The second kappa shape index (κ2) is 8.96. The molecule has 1 amide bonds. The highest BCUT2D eigenvalue weighted by Gasteiger charge is 2.14. The molecule has 0 N–H and O–H groups in total. The fourth-order valence-electron chi connectivity index (χ4n) is 2.30. The summed E-state index contributed by atoms with van der Waals surface area (Å²) < 4.78 is 0. The quantitative estimate of drug-likeness (QED) is 0.745. The Morgan fingerprint density at radius 3 is 2.42 bits per heavy atom. The van der Waals surface area contributed by atoms with Crippen molar-refractivity contribution in [1.29, 1.82) is 0 Å². The molecule has 2 heterocycles. The average molecular weight is 327 g/mol. The molecular weight excluding hydrogens is 302 g/mol. The van der Waals surface area contributed by atoms with Crippen molar-refractivity contribution < 1.29 is 4.79 Å². The lowest BCUT2D eigenvalue weighted by atomic mass is 10.2. The van der Waals surface area contributed by atoms with Crippen molar-refractivity contribution in [2.24, 2.45) is 0 Å². The Hall–Kier alpha value is -2.50. The van der Waals surface area contributed by atoms with Crippen molar-refractivity contribution in [2.75, 3.05) is 32.1 Å². The van der Waals surface area contributed by atoms with Crippen LogP contribution < -0.4 is 4.90 Å². The number of nitrogens with zero attached hydrogens (tertiary/aromatic N) is 5. The van der Waals surface area contributed by atoms with Crippen LogP contribution >= 0.6 is 0 Å². The minimum Gasteiger partial charge on any atom is -0.358 e. The second-order valence-corrected chi connectivity index (χ2v) is 5.88. The first-order valence-corrected chi connectivity index (χ1v) is 8.31. The van der Waals surface area contributed by atoms with Crippen LogP contribution in [0.2, 0.25) is 0 Å². The van der Waals surface area contributed by atoms with Crippen LogP contribution in [-0.2, 0) is 6.42 Å². The van der Waals surface area contributed by atoms with Crippen LogP contribution in [0.15, 0.2) is 36.7 Å². The lowest BCUT2D eigenvalue weighted by Crippen LogP contribution is -2.30. The van der Waals surface area contributed by atoms with Crippen molar-refractivity contribution >= 4 is 11.7 Å². The molecule has 24 heavy (non-hydrogen) atoms. The van der Waals surface area contributed by atoms with Gasteiger partial charge in [0.1, 0.15) is 0 Å². The number of hydrogen-bond acceptors (Lipinski definition) is 5. The number of carbonyl (C=O) groups excluding carboxylic acids is 1. The lowest BCUT2D eigenvalue weighted by molar-refractivity contribution is 0.0789. The van der Waals surface area contributed by atoms with E-state index in [9.17, 15) is 4.79 Å². The number of aromatic nitrogens is 3. The number of likely N-dealkylation sites (N-methyl/N-ethyl adjacent to an activating group) is 1. The Labute approximate surface area is 143 Å². The van der Waals surface area contributed by atoms with E-state index in [4.69, 9.17) is 0 Å². The molecule has 0 aliphatic rings. The summed E-state index contributed by atoms with van der Waals surface area (Å²) >= 11 is 0. The van der Waals surface area contributed by atoms with Crippen LogP contribution in [-0.4, -0.2) is 53.2 Å². The van der Waals surface area contributed by atoms with Crippen LogP contribution in [0.1, 0.15) is 35.8 Å². The molecular formula is C18H25N5O. The van der Waals surface area contributed by atoms with E-state index < -0.39 is 0 Å². The summed E-state index contributed by atoms with van der Waals surface area (Å²) in [5, 5.41) is 8.26. The number of hydrogen-bond donors (Lipinski definition) is 0. The summed E-state index contributed by atoms with van der Waals surface area (Å²) in [7, 11) is 3.77. The van der Waals surface area contributed by atoms with Gasteiger partial charge in [0.15, 0.2) is 11.5 Å². The van der Waals surface area contributed by atoms with E-state index in [0.717, 1.165) is 37.2 Å². The third-order valence-corrected chi connectivity index (χ3v) is 3.94. The lowest BCUT2D eigenvalue weighted by Gasteiger charge is -2.18. The summed E-state index contributed by atoms with van der Waals surface area (Å²) in [6.45, 7) is 3.72. The van der Waals surface area contributed by atoms with Crippen LogP contribution in [0.5, 0.6) is 0 Å². The van der Waals surface area contributed by atoms with Gasteiger partial charge in [-0.2, -0.15) is 0 Å². The molecule has 0 fully saturated rings. The molecule has 0 unspecified atom stereocenters. The highest BCUT2D eigenvalue weighted by atomic mass is 16.2. The Balaban J connectivity index is 1.91. The predicted molar refractivity (Wildman–Crippen MR) is 95.1 cm³/mol. The van der Waals surface area contributed by atoms with E-state index in [1.54, 1.807) is 30.4 Å². The number of anilines is 1. The van der Waals surface area contributed by atoms with Gasteiger partial charge in [-0.1, -0.05) is 13.3 Å². The number of rotatable bonds is 8. The van der Waals surface area contributed by atoms with E-state index >= 15 is 0 Å². The van der Waals surface area contributed by atoms with Crippen molar-refractivity contribution in [1.82, 2.24) is 20.1 Å². The molecule has 0 atom stereocenters. The first-order chi connectivity index (χ1) is 11.6. The summed E-state index contributed by atoms with van der Waals surface area (Å²) in [5.74, 6) is 0.679. The Bertz CT molecular complexity index is 630. The zero-order valence-electron chi connectivity index (χ0n) is 14.6. The van der Waals surface area contributed by atoms with E-state index in [2.05, 4.69) is 27.0 Å². The van der Waals surface area contributed by atoms with Crippen molar-refractivity contribution in [3.05, 3.63) is 47.9 Å². The average Bonchev–Trinajstić information content (AvgIpc) is 2.64. The first kappa shape index (κ1) is 17.8. The van der Waals surface area contributed by atoms with Crippen LogP contribution in [0.3, 0.4) is 0 Å². The van der Waals surface area contributed by atoms with Gasteiger partial charge in [-0.05, 0) is 42.7 Å². The number of unbranched alkanes of at least 4 members (excludes halogenated alkanes) is 1. The molecule has 2 aromatic rings. The van der Waals surface area contributed by atoms with E-state index in [1.807, 2.05) is 25.2 Å². The second-order valence-electron chi connectivity index (χ2n) is 5.88. The van der Waals surface area contributed by atoms with Crippen molar-refractivity contribution in [2.45, 2.75) is 26.2 Å². The largest absolute Gasteiger partial charge is 0.358 e. The van der Waals surface area contributed by atoms with Crippen molar-refractivity contribution in [3.63, 3.8) is 0 Å². The summed E-state index contributed by atoms with van der Waals surface area (Å²) in [5.41, 5.74) is 1.53. The molecule has 0 aliphatic heterocycles. The smallest absolute Gasteiger partial charge is 0.274 e. The Kier molecular flexibility index (Phi) is 6.66. The van der Waals surface area contributed by atoms with Gasteiger partial charge in [0, 0.05) is 39.6 Å². The molecule has 0 radical (unpaired) electrons. The maximum Gasteiger partial charge on any atom is 0.274 e. The van der Waals surface area contributed by atoms with E-state index in [0.29, 0.717) is 12.2 Å². The van der Waals surface area contributed by atoms with Crippen LogP contribution in [0.4, 0.5) is 5.82 Å². The monoisotopic (exact) mass is 327 g/mol. The van der Waals surface area contributed by atoms with Crippen LogP contribution in [0.25, 0.3) is 0 Å². The molecule has 2 aromatic heterocycles. The third kappa shape index (κ3) is 5.01. The van der Waals surface area contributed by atoms with Gasteiger partial charge in [-0.25, -0.2) is 0 Å². The van der Waals surface area contributed by atoms with Gasteiger partial charge in [0.25, 0.3) is 5.91 Å². The molecule has 6 heteroatoms. The Morgan fingerprint density at radius 1 is 1.04 bits per heavy atom. The minimum atomic E-state index is -0.112. The molecule has 128 valence electrons. The third-order valence-electron chi connectivity index (χ3n) is 3.94. The zero-order chi connectivity index (χ0) is 17.4. The minimum absolute atomic E-state index is 0.112. The molecule has 0 spiro atoms. The fourth-order valence-corrected chi connectivity index (χ4v) is 2.30. The SMILES string of the molecule is CCCCN(C)c1ccc(C(=O)N(C)CCc2ccncc2)nn1. The van der Waals surface area contributed by atoms with E-state index in [-0.39, 0.29) is 5.91 Å². The Morgan fingerprint density at radius 2 is 1.79 bits per heavy atom. The van der Waals surface area contributed by atoms with Gasteiger partial charge in [-0.3, -0.25) is 9.78 Å². The van der Waals surface area contributed by atoms with E-state index in [1.165, 1.54) is 0 Å². The molecule has 0 saturated carbocycles. The zero-order valence-corrected chi connectivity index (χ0v) is 14.6. The topological polar surface area (TPSA) is 62.2 Å². The standard InChI is InChI=1S/C18H25N5O/c1-4-5-13-22(2)17-7-6-16(20-21-17)18(24)23(3)14-10-15-8-11-19-12-9-15/h6-9,11-12H,4-5,10,13-14H2,1-3H3. The van der Waals surface area contributed by atoms with Crippen molar-refractivity contribution in [3.8, 4) is 0 Å². The highest BCUT2D eigenvalue weighted by Crippen LogP contribution is 2.10. The van der Waals surface area contributed by atoms with Crippen LogP contribution in [0, 0.1) is 0 Å². The highest BCUT2D eigenvalue weighted by molar-refractivity contribution is 5.92. The fraction of sp³-hybridized carbons (Fsp3) is 0.444. The maximum absolute atomic E-state index is 12.4.